The van der Waals surface area contributed by atoms with E-state index in [0.29, 0.717) is 13.0 Å². The average molecular weight is 274 g/mol. The van der Waals surface area contributed by atoms with Gasteiger partial charge in [0.15, 0.2) is 5.54 Å². The van der Waals surface area contributed by atoms with Crippen LogP contribution in [0.3, 0.4) is 0 Å². The molecule has 2 heterocycles. The molecule has 1 spiro atoms. The first-order valence-corrected chi connectivity index (χ1v) is 6.04. The van der Waals surface area contributed by atoms with E-state index in [4.69, 9.17) is 0 Å². The van der Waals surface area contributed by atoms with Crippen molar-refractivity contribution in [2.45, 2.75) is 18.4 Å². The van der Waals surface area contributed by atoms with Crippen LogP contribution in [0.5, 0.6) is 0 Å². The van der Waals surface area contributed by atoms with Gasteiger partial charge in [0.1, 0.15) is 0 Å². The molecule has 1 atom stereocenters. The lowest BCUT2D eigenvalue weighted by Crippen LogP contribution is -2.38. The van der Waals surface area contributed by atoms with Gasteiger partial charge < -0.3 is 0 Å². The van der Waals surface area contributed by atoms with E-state index < -0.39 is 22.3 Å². The molecule has 0 bridgehead atoms. The molecule has 1 aromatic carbocycles. The fourth-order valence-corrected chi connectivity index (χ4v) is 2.48. The first-order chi connectivity index (χ1) is 9.53. The van der Waals surface area contributed by atoms with E-state index in [2.05, 4.69) is 10.2 Å². The highest BCUT2D eigenvalue weighted by Crippen LogP contribution is 2.38. The third-order valence-electron chi connectivity index (χ3n) is 3.48. The molecule has 2 amide bonds. The molecule has 1 aromatic rings. The number of azo groups is 1. The van der Waals surface area contributed by atoms with Crippen LogP contribution in [0.25, 0.3) is 0 Å². The van der Waals surface area contributed by atoms with E-state index in [1.54, 1.807) is 0 Å². The molecule has 0 aromatic heterocycles. The number of carbonyl (C=O) groups excluding carboxylic acids is 2. The Morgan fingerprint density at radius 3 is 2.80 bits per heavy atom. The van der Waals surface area contributed by atoms with Gasteiger partial charge in [-0.1, -0.05) is 6.07 Å². The Kier molecular flexibility index (Phi) is 2.60. The molecule has 102 valence electrons. The second-order valence-corrected chi connectivity index (χ2v) is 4.73. The Labute approximate surface area is 113 Å². The molecule has 3 rings (SSSR count). The minimum absolute atomic E-state index is 0.0297. The molecule has 2 aliphatic rings. The van der Waals surface area contributed by atoms with Crippen LogP contribution in [0.1, 0.15) is 12.8 Å². The maximum Gasteiger partial charge on any atom is 0.271 e. The zero-order valence-corrected chi connectivity index (χ0v) is 10.4. The summed E-state index contributed by atoms with van der Waals surface area (Å²) in [6.07, 6.45) is 0.376. The van der Waals surface area contributed by atoms with Crippen molar-refractivity contribution in [1.29, 1.82) is 0 Å². The summed E-state index contributed by atoms with van der Waals surface area (Å²) < 4.78 is 0. The Morgan fingerprint density at radius 1 is 1.35 bits per heavy atom. The molecular formula is C12H10N4O4. The van der Waals surface area contributed by atoms with E-state index in [-0.39, 0.29) is 17.8 Å². The molecule has 1 unspecified atom stereocenters. The van der Waals surface area contributed by atoms with Crippen LogP contribution in [0, 0.1) is 10.1 Å². The van der Waals surface area contributed by atoms with Gasteiger partial charge in [0.2, 0.25) is 5.91 Å². The monoisotopic (exact) mass is 274 g/mol. The topological polar surface area (TPSA) is 105 Å². The average Bonchev–Trinajstić information content (AvgIpc) is 2.97. The summed E-state index contributed by atoms with van der Waals surface area (Å²) in [5.41, 5.74) is -1.06. The molecule has 2 aliphatic heterocycles. The van der Waals surface area contributed by atoms with Crippen LogP contribution in [-0.2, 0) is 9.59 Å². The first-order valence-electron chi connectivity index (χ1n) is 6.04. The highest BCUT2D eigenvalue weighted by atomic mass is 16.6. The van der Waals surface area contributed by atoms with Gasteiger partial charge in [-0.15, -0.1) is 0 Å². The van der Waals surface area contributed by atoms with E-state index in [9.17, 15) is 19.7 Å². The standard InChI is InChI=1S/C12H10N4O4/c17-10-7-12(4-5-13-14-12)11(18)15(10)8-2-1-3-9(6-8)16(19)20/h1-3,6H,4-5,7H2. The predicted octanol–water partition coefficient (Wildman–Crippen LogP) is 1.45. The van der Waals surface area contributed by atoms with Crippen molar-refractivity contribution in [1.82, 2.24) is 0 Å². The van der Waals surface area contributed by atoms with Gasteiger partial charge in [0, 0.05) is 18.6 Å². The van der Waals surface area contributed by atoms with Gasteiger partial charge in [-0.25, -0.2) is 4.90 Å². The third kappa shape index (κ3) is 1.68. The Hall–Kier alpha value is -2.64. The Morgan fingerprint density at radius 2 is 2.15 bits per heavy atom. The van der Waals surface area contributed by atoms with Crippen LogP contribution in [0.15, 0.2) is 34.5 Å². The van der Waals surface area contributed by atoms with E-state index in [0.717, 1.165) is 4.90 Å². The largest absolute Gasteiger partial charge is 0.274 e. The number of nitrogens with zero attached hydrogens (tertiary/aromatic N) is 4. The molecule has 0 radical (unpaired) electrons. The van der Waals surface area contributed by atoms with E-state index >= 15 is 0 Å². The Bertz CT molecular complexity index is 657. The summed E-state index contributed by atoms with van der Waals surface area (Å²) in [5, 5.41) is 18.5. The van der Waals surface area contributed by atoms with Crippen LogP contribution in [0.2, 0.25) is 0 Å². The van der Waals surface area contributed by atoms with Crippen molar-refractivity contribution in [2.75, 3.05) is 11.4 Å². The number of carbonyl (C=O) groups is 2. The van der Waals surface area contributed by atoms with Gasteiger partial charge >= 0.3 is 0 Å². The minimum Gasteiger partial charge on any atom is -0.274 e. The summed E-state index contributed by atoms with van der Waals surface area (Å²) in [4.78, 5) is 35.6. The number of non-ortho nitro benzene ring substituents is 1. The molecular weight excluding hydrogens is 264 g/mol. The SMILES string of the molecule is O=C1CC2(CCN=N2)C(=O)N1c1cccc([N+](=O)[O-])c1. The normalized spacial score (nSPS) is 24.9. The van der Waals surface area contributed by atoms with Crippen LogP contribution in [0.4, 0.5) is 11.4 Å². The predicted molar refractivity (Wildman–Crippen MR) is 67.3 cm³/mol. The molecule has 20 heavy (non-hydrogen) atoms. The molecule has 1 fully saturated rings. The van der Waals surface area contributed by atoms with Crippen molar-refractivity contribution in [3.63, 3.8) is 0 Å². The van der Waals surface area contributed by atoms with Gasteiger partial charge in [0.25, 0.3) is 11.6 Å². The molecule has 0 saturated carbocycles. The highest BCUT2D eigenvalue weighted by Gasteiger charge is 2.54. The fraction of sp³-hybridized carbons (Fsp3) is 0.333. The molecule has 0 aliphatic carbocycles. The van der Waals surface area contributed by atoms with Crippen molar-refractivity contribution in [3.8, 4) is 0 Å². The van der Waals surface area contributed by atoms with Gasteiger partial charge in [-0.05, 0) is 6.07 Å². The third-order valence-corrected chi connectivity index (χ3v) is 3.48. The van der Waals surface area contributed by atoms with Crippen molar-refractivity contribution < 1.29 is 14.5 Å². The molecule has 0 N–H and O–H groups in total. The zero-order chi connectivity index (χ0) is 14.3. The first kappa shape index (κ1) is 12.4. The Balaban J connectivity index is 2.00. The number of nitro groups is 1. The smallest absolute Gasteiger partial charge is 0.271 e. The lowest BCUT2D eigenvalue weighted by molar-refractivity contribution is -0.384. The summed E-state index contributed by atoms with van der Waals surface area (Å²) in [7, 11) is 0. The van der Waals surface area contributed by atoms with Crippen LogP contribution < -0.4 is 4.90 Å². The number of benzene rings is 1. The molecule has 8 nitrogen and oxygen atoms in total. The van der Waals surface area contributed by atoms with Gasteiger partial charge in [0.05, 0.1) is 23.6 Å². The summed E-state index contributed by atoms with van der Waals surface area (Å²) in [6.45, 7) is 0.418. The zero-order valence-electron chi connectivity index (χ0n) is 10.4. The number of hydrogen-bond acceptors (Lipinski definition) is 6. The van der Waals surface area contributed by atoms with Gasteiger partial charge in [-0.2, -0.15) is 10.2 Å². The summed E-state index contributed by atoms with van der Waals surface area (Å²) in [6, 6.07) is 5.45. The van der Waals surface area contributed by atoms with Crippen molar-refractivity contribution in [3.05, 3.63) is 34.4 Å². The lowest BCUT2D eigenvalue weighted by Gasteiger charge is -2.17. The van der Waals surface area contributed by atoms with Crippen molar-refractivity contribution >= 4 is 23.2 Å². The molecule has 1 saturated heterocycles. The number of imide groups is 1. The second kappa shape index (κ2) is 4.19. The maximum atomic E-state index is 12.4. The van der Waals surface area contributed by atoms with Crippen molar-refractivity contribution in [2.24, 2.45) is 10.2 Å². The molecule has 8 heteroatoms. The summed E-state index contributed by atoms with van der Waals surface area (Å²) in [5.74, 6) is -0.861. The maximum absolute atomic E-state index is 12.4. The quantitative estimate of drug-likeness (QED) is 0.462. The second-order valence-electron chi connectivity index (χ2n) is 4.73. The number of amides is 2. The number of hydrogen-bond donors (Lipinski definition) is 0. The highest BCUT2D eigenvalue weighted by molar-refractivity contribution is 6.24. The summed E-state index contributed by atoms with van der Waals surface area (Å²) >= 11 is 0. The van der Waals surface area contributed by atoms with Gasteiger partial charge in [-0.3, -0.25) is 19.7 Å². The fourth-order valence-electron chi connectivity index (χ4n) is 2.48. The lowest BCUT2D eigenvalue weighted by atomic mass is 9.96. The minimum atomic E-state index is -1.10. The van der Waals surface area contributed by atoms with Crippen LogP contribution >= 0.6 is 0 Å². The van der Waals surface area contributed by atoms with E-state index in [1.807, 2.05) is 0 Å². The number of anilines is 1. The van der Waals surface area contributed by atoms with E-state index in [1.165, 1.54) is 24.3 Å². The van der Waals surface area contributed by atoms with Crippen LogP contribution in [-0.4, -0.2) is 28.8 Å². The number of nitro benzene ring substituents is 1. The number of rotatable bonds is 2.